The number of rotatable bonds is 2. The van der Waals surface area contributed by atoms with Crippen LogP contribution in [0.5, 0.6) is 0 Å². The first kappa shape index (κ1) is 16.3. The Morgan fingerprint density at radius 1 is 1.38 bits per heavy atom. The van der Waals surface area contributed by atoms with E-state index in [2.05, 4.69) is 0 Å². The van der Waals surface area contributed by atoms with Gasteiger partial charge in [0.25, 0.3) is 0 Å². The summed E-state index contributed by atoms with van der Waals surface area (Å²) in [7, 11) is 0. The van der Waals surface area contributed by atoms with Crippen LogP contribution in [-0.2, 0) is 10.4 Å². The lowest BCUT2D eigenvalue weighted by atomic mass is 9.66. The van der Waals surface area contributed by atoms with Crippen molar-refractivity contribution in [3.8, 4) is 0 Å². The summed E-state index contributed by atoms with van der Waals surface area (Å²) in [5, 5.41) is 11.8. The first-order valence-electron chi connectivity index (χ1n) is 7.20. The Bertz CT molecular complexity index is 528. The molecule has 2 atom stereocenters. The Balaban J connectivity index is 2.27. The number of carbonyl (C=O) groups is 1. The summed E-state index contributed by atoms with van der Waals surface area (Å²) in [5.41, 5.74) is 5.07. The zero-order chi connectivity index (χ0) is 15.8. The fraction of sp³-hybridized carbons (Fsp3) is 0.562. The second-order valence-corrected chi connectivity index (χ2v) is 6.99. The molecule has 21 heavy (non-hydrogen) atoms. The Kier molecular flexibility index (Phi) is 4.34. The second kappa shape index (κ2) is 5.59. The third-order valence-corrected chi connectivity index (χ3v) is 4.72. The van der Waals surface area contributed by atoms with E-state index >= 15 is 0 Å². The molecule has 1 aliphatic heterocycles. The van der Waals surface area contributed by atoms with Crippen LogP contribution >= 0.6 is 11.6 Å². The number of carbonyl (C=O) groups excluding carboxylic acids is 1. The molecule has 1 fully saturated rings. The Hall–Kier alpha value is -1.10. The second-order valence-electron chi connectivity index (χ2n) is 6.55. The van der Waals surface area contributed by atoms with Gasteiger partial charge in [0.1, 0.15) is 0 Å². The van der Waals surface area contributed by atoms with Gasteiger partial charge in [-0.05, 0) is 31.0 Å². The molecule has 0 saturated carbocycles. The van der Waals surface area contributed by atoms with Crippen LogP contribution in [0.1, 0.15) is 32.8 Å². The third kappa shape index (κ3) is 2.93. The number of nitrogens with zero attached hydrogens (tertiary/aromatic N) is 1. The van der Waals surface area contributed by atoms with E-state index in [4.69, 9.17) is 17.3 Å². The molecule has 3 N–H and O–H groups in total. The number of benzene rings is 1. The van der Waals surface area contributed by atoms with Crippen molar-refractivity contribution in [1.82, 2.24) is 4.90 Å². The number of piperidine rings is 1. The summed E-state index contributed by atoms with van der Waals surface area (Å²) in [6.45, 7) is 6.62. The van der Waals surface area contributed by atoms with Crippen molar-refractivity contribution < 1.29 is 9.90 Å². The van der Waals surface area contributed by atoms with Crippen LogP contribution in [0.3, 0.4) is 0 Å². The van der Waals surface area contributed by atoms with Crippen LogP contribution in [0, 0.1) is 5.41 Å². The summed E-state index contributed by atoms with van der Waals surface area (Å²) >= 11 is 5.92. The summed E-state index contributed by atoms with van der Waals surface area (Å²) < 4.78 is 0. The molecule has 0 aromatic heterocycles. The summed E-state index contributed by atoms with van der Waals surface area (Å²) in [5.74, 6) is -0.0683. The molecule has 4 nitrogen and oxygen atoms in total. The zero-order valence-electron chi connectivity index (χ0n) is 12.8. The number of likely N-dealkylation sites (tertiary alicyclic amines) is 1. The largest absolute Gasteiger partial charge is 0.384 e. The lowest BCUT2D eigenvalue weighted by Crippen LogP contribution is -2.58. The molecule has 0 radical (unpaired) electrons. The lowest BCUT2D eigenvalue weighted by molar-refractivity contribution is -0.153. The van der Waals surface area contributed by atoms with Crippen LogP contribution in [0.4, 0.5) is 0 Å². The molecular formula is C16H23ClN2O2. The SMILES string of the molecule is CC(N)C(=O)N1CCC(O)(c2ccc(Cl)cc2)C(C)(C)C1. The van der Waals surface area contributed by atoms with Crippen molar-refractivity contribution >= 4 is 17.5 Å². The van der Waals surface area contributed by atoms with Crippen molar-refractivity contribution in [2.45, 2.75) is 38.8 Å². The summed E-state index contributed by atoms with van der Waals surface area (Å²) in [6.07, 6.45) is 0.486. The highest BCUT2D eigenvalue weighted by molar-refractivity contribution is 6.30. The molecule has 0 spiro atoms. The van der Waals surface area contributed by atoms with Crippen molar-refractivity contribution in [1.29, 1.82) is 0 Å². The molecule has 1 heterocycles. The topological polar surface area (TPSA) is 66.6 Å². The minimum atomic E-state index is -0.980. The molecule has 2 rings (SSSR count). The van der Waals surface area contributed by atoms with E-state index in [-0.39, 0.29) is 5.91 Å². The molecule has 2 unspecified atom stereocenters. The predicted molar refractivity (Wildman–Crippen MR) is 84.0 cm³/mol. The summed E-state index contributed by atoms with van der Waals surface area (Å²) in [6, 6.07) is 6.76. The molecule has 1 saturated heterocycles. The van der Waals surface area contributed by atoms with E-state index in [1.54, 1.807) is 24.0 Å². The average Bonchev–Trinajstić information content (AvgIpc) is 2.41. The fourth-order valence-electron chi connectivity index (χ4n) is 3.06. The van der Waals surface area contributed by atoms with E-state index in [0.717, 1.165) is 5.56 Å². The lowest BCUT2D eigenvalue weighted by Gasteiger charge is -2.50. The maximum atomic E-state index is 12.1. The van der Waals surface area contributed by atoms with Gasteiger partial charge < -0.3 is 15.7 Å². The Morgan fingerprint density at radius 3 is 2.43 bits per heavy atom. The first-order chi connectivity index (χ1) is 9.67. The van der Waals surface area contributed by atoms with E-state index in [1.807, 2.05) is 26.0 Å². The molecule has 1 aliphatic rings. The zero-order valence-corrected chi connectivity index (χ0v) is 13.5. The van der Waals surface area contributed by atoms with Crippen LogP contribution < -0.4 is 5.73 Å². The number of amides is 1. The van der Waals surface area contributed by atoms with Gasteiger partial charge in [-0.1, -0.05) is 37.6 Å². The molecular weight excluding hydrogens is 288 g/mol. The van der Waals surface area contributed by atoms with Gasteiger partial charge in [0.05, 0.1) is 11.6 Å². The van der Waals surface area contributed by atoms with Crippen molar-refractivity contribution in [3.05, 3.63) is 34.9 Å². The molecule has 1 aromatic rings. The standard InChI is InChI=1S/C16H23ClN2O2/c1-11(18)14(20)19-9-8-16(21,15(2,3)10-19)12-4-6-13(17)7-5-12/h4-7,11,21H,8-10,18H2,1-3H3. The maximum Gasteiger partial charge on any atom is 0.239 e. The van der Waals surface area contributed by atoms with Crippen LogP contribution in [0.15, 0.2) is 24.3 Å². The van der Waals surface area contributed by atoms with E-state index in [9.17, 15) is 9.90 Å². The molecule has 1 aromatic carbocycles. The highest BCUT2D eigenvalue weighted by atomic mass is 35.5. The average molecular weight is 311 g/mol. The van der Waals surface area contributed by atoms with Gasteiger partial charge in [-0.25, -0.2) is 0 Å². The highest BCUT2D eigenvalue weighted by Gasteiger charge is 2.49. The van der Waals surface area contributed by atoms with Crippen LogP contribution in [-0.4, -0.2) is 35.0 Å². The number of hydrogen-bond donors (Lipinski definition) is 2. The summed E-state index contributed by atoms with van der Waals surface area (Å²) in [4.78, 5) is 13.8. The highest BCUT2D eigenvalue weighted by Crippen LogP contribution is 2.46. The van der Waals surface area contributed by atoms with E-state index < -0.39 is 17.1 Å². The van der Waals surface area contributed by atoms with Gasteiger partial charge in [-0.15, -0.1) is 0 Å². The Labute approximate surface area is 130 Å². The molecule has 0 aliphatic carbocycles. The first-order valence-corrected chi connectivity index (χ1v) is 7.58. The smallest absolute Gasteiger partial charge is 0.239 e. The Morgan fingerprint density at radius 2 is 1.95 bits per heavy atom. The molecule has 5 heteroatoms. The third-order valence-electron chi connectivity index (χ3n) is 4.47. The molecule has 116 valence electrons. The van der Waals surface area contributed by atoms with Gasteiger partial charge in [-0.2, -0.15) is 0 Å². The maximum absolute atomic E-state index is 12.1. The van der Waals surface area contributed by atoms with Crippen LogP contribution in [0.2, 0.25) is 5.02 Å². The normalized spacial score (nSPS) is 26.5. The minimum Gasteiger partial charge on any atom is -0.384 e. The minimum absolute atomic E-state index is 0.0683. The monoisotopic (exact) mass is 310 g/mol. The van der Waals surface area contributed by atoms with Crippen molar-refractivity contribution in [2.75, 3.05) is 13.1 Å². The van der Waals surface area contributed by atoms with Crippen molar-refractivity contribution in [2.24, 2.45) is 11.1 Å². The van der Waals surface area contributed by atoms with Crippen LogP contribution in [0.25, 0.3) is 0 Å². The van der Waals surface area contributed by atoms with E-state index in [0.29, 0.717) is 24.5 Å². The quantitative estimate of drug-likeness (QED) is 0.879. The van der Waals surface area contributed by atoms with Gasteiger partial charge >= 0.3 is 0 Å². The van der Waals surface area contributed by atoms with E-state index in [1.165, 1.54) is 0 Å². The number of nitrogens with two attached hydrogens (primary N) is 1. The molecule has 0 bridgehead atoms. The number of hydrogen-bond acceptors (Lipinski definition) is 3. The van der Waals surface area contributed by atoms with Crippen molar-refractivity contribution in [3.63, 3.8) is 0 Å². The predicted octanol–water partition coefficient (Wildman–Crippen LogP) is 2.13. The van der Waals surface area contributed by atoms with Gasteiger partial charge in [0, 0.05) is 23.5 Å². The van der Waals surface area contributed by atoms with Gasteiger partial charge in [0.15, 0.2) is 0 Å². The van der Waals surface area contributed by atoms with Gasteiger partial charge in [-0.3, -0.25) is 4.79 Å². The number of aliphatic hydroxyl groups is 1. The molecule has 1 amide bonds. The number of halogens is 1. The fourth-order valence-corrected chi connectivity index (χ4v) is 3.18. The van der Waals surface area contributed by atoms with Gasteiger partial charge in [0.2, 0.25) is 5.91 Å².